The molecule has 0 saturated heterocycles. The third-order valence-corrected chi connectivity index (χ3v) is 2.34. The Hall–Kier alpha value is -0.820. The number of nitrogens with zero attached hydrogens (tertiary/aromatic N) is 1. The van der Waals surface area contributed by atoms with Gasteiger partial charge < -0.3 is 16.4 Å². The molecule has 0 saturated carbocycles. The largest absolute Gasteiger partial charge is 0.370 e. The molecule has 0 radical (unpaired) electrons. The van der Waals surface area contributed by atoms with Gasteiger partial charge in [0, 0.05) is 17.8 Å². The molecule has 108 valence electrons. The lowest BCUT2D eigenvalue weighted by atomic mass is 10.1. The molecule has 0 spiro atoms. The maximum absolute atomic E-state index is 5.82. The van der Waals surface area contributed by atoms with Gasteiger partial charge in [0.05, 0.1) is 6.54 Å². The number of anilines is 1. The Labute approximate surface area is 133 Å². The van der Waals surface area contributed by atoms with Crippen LogP contribution in [0.5, 0.6) is 0 Å². The van der Waals surface area contributed by atoms with Crippen molar-refractivity contribution in [2.24, 2.45) is 10.7 Å². The van der Waals surface area contributed by atoms with E-state index in [1.54, 1.807) is 0 Å². The van der Waals surface area contributed by atoms with E-state index < -0.39 is 0 Å². The molecule has 0 aromatic heterocycles. The maximum Gasteiger partial charge on any atom is 0.193 e. The van der Waals surface area contributed by atoms with E-state index in [4.69, 9.17) is 5.73 Å². The number of halogens is 1. The zero-order valence-electron chi connectivity index (χ0n) is 12.2. The SMILES string of the molecule is Cc1cccc(NC(N)=NCCNC(C)(C)C)c1.I. The zero-order valence-corrected chi connectivity index (χ0v) is 14.5. The molecular formula is C14H25IN4. The maximum atomic E-state index is 5.82. The Kier molecular flexibility index (Phi) is 8.01. The number of hydrogen-bond donors (Lipinski definition) is 3. The summed E-state index contributed by atoms with van der Waals surface area (Å²) in [5.41, 5.74) is 8.10. The quantitative estimate of drug-likeness (QED) is 0.328. The molecule has 0 heterocycles. The molecule has 1 rings (SSSR count). The number of aryl methyl sites for hydroxylation is 1. The highest BCUT2D eigenvalue weighted by Crippen LogP contribution is 2.08. The van der Waals surface area contributed by atoms with E-state index >= 15 is 0 Å². The Balaban J connectivity index is 0.00000324. The van der Waals surface area contributed by atoms with Crippen LogP contribution in [0.1, 0.15) is 26.3 Å². The molecular weight excluding hydrogens is 351 g/mol. The van der Waals surface area contributed by atoms with Crippen molar-refractivity contribution in [2.45, 2.75) is 33.2 Å². The Morgan fingerprint density at radius 3 is 2.58 bits per heavy atom. The van der Waals surface area contributed by atoms with Crippen LogP contribution >= 0.6 is 24.0 Å². The molecule has 1 aromatic carbocycles. The van der Waals surface area contributed by atoms with Gasteiger partial charge in [-0.15, -0.1) is 24.0 Å². The molecule has 4 N–H and O–H groups in total. The number of benzene rings is 1. The molecule has 0 bridgehead atoms. The number of nitrogens with two attached hydrogens (primary N) is 1. The second kappa shape index (κ2) is 8.37. The van der Waals surface area contributed by atoms with Crippen molar-refractivity contribution < 1.29 is 0 Å². The summed E-state index contributed by atoms with van der Waals surface area (Å²) >= 11 is 0. The van der Waals surface area contributed by atoms with Crippen LogP contribution in [0.2, 0.25) is 0 Å². The first kappa shape index (κ1) is 18.2. The summed E-state index contributed by atoms with van der Waals surface area (Å²) in [6, 6.07) is 8.05. The minimum absolute atomic E-state index is 0. The minimum Gasteiger partial charge on any atom is -0.370 e. The van der Waals surface area contributed by atoms with E-state index in [-0.39, 0.29) is 29.5 Å². The molecule has 5 heteroatoms. The van der Waals surface area contributed by atoms with Crippen molar-refractivity contribution in [2.75, 3.05) is 18.4 Å². The normalized spacial score (nSPS) is 11.9. The number of hydrogen-bond acceptors (Lipinski definition) is 2. The molecule has 4 nitrogen and oxygen atoms in total. The van der Waals surface area contributed by atoms with Gasteiger partial charge in [0.15, 0.2) is 5.96 Å². The second-order valence-electron chi connectivity index (χ2n) is 5.44. The fourth-order valence-corrected chi connectivity index (χ4v) is 1.52. The number of guanidine groups is 1. The van der Waals surface area contributed by atoms with Gasteiger partial charge in [0.2, 0.25) is 0 Å². The lowest BCUT2D eigenvalue weighted by molar-refractivity contribution is 0.433. The van der Waals surface area contributed by atoms with Crippen LogP contribution in [0.15, 0.2) is 29.3 Å². The van der Waals surface area contributed by atoms with E-state index in [1.165, 1.54) is 5.56 Å². The summed E-state index contributed by atoms with van der Waals surface area (Å²) in [7, 11) is 0. The zero-order chi connectivity index (χ0) is 13.6. The fraction of sp³-hybridized carbons (Fsp3) is 0.500. The predicted octanol–water partition coefficient (Wildman–Crippen LogP) is 2.73. The standard InChI is InChI=1S/C14H24N4.HI/c1-11-6-5-7-12(10-11)18-13(15)16-8-9-17-14(2,3)4;/h5-7,10,17H,8-9H2,1-4H3,(H3,15,16,18);1H. The lowest BCUT2D eigenvalue weighted by Gasteiger charge is -2.19. The van der Waals surface area contributed by atoms with Gasteiger partial charge >= 0.3 is 0 Å². The number of rotatable bonds is 4. The van der Waals surface area contributed by atoms with Gasteiger partial charge in [0.25, 0.3) is 0 Å². The van der Waals surface area contributed by atoms with Crippen LogP contribution in [0.4, 0.5) is 5.69 Å². The van der Waals surface area contributed by atoms with Crippen molar-refractivity contribution in [3.63, 3.8) is 0 Å². The Bertz CT molecular complexity index is 410. The third-order valence-electron chi connectivity index (χ3n) is 2.34. The summed E-state index contributed by atoms with van der Waals surface area (Å²) in [5, 5.41) is 6.44. The van der Waals surface area contributed by atoms with Crippen molar-refractivity contribution in [3.8, 4) is 0 Å². The molecule has 0 atom stereocenters. The molecule has 19 heavy (non-hydrogen) atoms. The molecule has 0 aliphatic rings. The van der Waals surface area contributed by atoms with Crippen LogP contribution < -0.4 is 16.4 Å². The van der Waals surface area contributed by atoms with Crippen LogP contribution in [0.25, 0.3) is 0 Å². The average molecular weight is 376 g/mol. The summed E-state index contributed by atoms with van der Waals surface area (Å²) in [6.07, 6.45) is 0. The molecule has 0 aliphatic heterocycles. The van der Waals surface area contributed by atoms with Gasteiger partial charge in [0.1, 0.15) is 0 Å². The van der Waals surface area contributed by atoms with Crippen molar-refractivity contribution >= 4 is 35.6 Å². The van der Waals surface area contributed by atoms with Gasteiger partial charge in [-0.05, 0) is 45.4 Å². The average Bonchev–Trinajstić information content (AvgIpc) is 2.23. The van der Waals surface area contributed by atoms with Crippen molar-refractivity contribution in [1.29, 1.82) is 0 Å². The van der Waals surface area contributed by atoms with E-state index in [0.29, 0.717) is 12.5 Å². The first-order chi connectivity index (χ1) is 8.37. The highest BCUT2D eigenvalue weighted by Gasteiger charge is 2.06. The fourth-order valence-electron chi connectivity index (χ4n) is 1.52. The molecule has 1 aromatic rings. The van der Waals surface area contributed by atoms with Gasteiger partial charge in [-0.3, -0.25) is 4.99 Å². The topological polar surface area (TPSA) is 62.4 Å². The van der Waals surface area contributed by atoms with Crippen LogP contribution in [-0.2, 0) is 0 Å². The Morgan fingerprint density at radius 1 is 1.32 bits per heavy atom. The second-order valence-corrected chi connectivity index (χ2v) is 5.44. The van der Waals surface area contributed by atoms with E-state index in [9.17, 15) is 0 Å². The summed E-state index contributed by atoms with van der Waals surface area (Å²) in [5.74, 6) is 0.455. The van der Waals surface area contributed by atoms with Crippen LogP contribution in [0.3, 0.4) is 0 Å². The summed E-state index contributed by atoms with van der Waals surface area (Å²) in [6.45, 7) is 9.93. The number of nitrogens with one attached hydrogen (secondary N) is 2. The molecule has 0 unspecified atom stereocenters. The van der Waals surface area contributed by atoms with Gasteiger partial charge in [-0.2, -0.15) is 0 Å². The smallest absolute Gasteiger partial charge is 0.193 e. The van der Waals surface area contributed by atoms with E-state index in [2.05, 4.69) is 36.4 Å². The van der Waals surface area contributed by atoms with Crippen molar-refractivity contribution in [3.05, 3.63) is 29.8 Å². The highest BCUT2D eigenvalue weighted by atomic mass is 127. The van der Waals surface area contributed by atoms with E-state index in [0.717, 1.165) is 12.2 Å². The highest BCUT2D eigenvalue weighted by molar-refractivity contribution is 14.0. The Morgan fingerprint density at radius 2 is 2.00 bits per heavy atom. The molecule has 0 fully saturated rings. The first-order valence-corrected chi connectivity index (χ1v) is 6.25. The molecule has 0 aliphatic carbocycles. The van der Waals surface area contributed by atoms with Crippen LogP contribution in [-0.4, -0.2) is 24.6 Å². The van der Waals surface area contributed by atoms with E-state index in [1.807, 2.05) is 31.2 Å². The van der Waals surface area contributed by atoms with Gasteiger partial charge in [-0.25, -0.2) is 0 Å². The molecule has 0 amide bonds. The summed E-state index contributed by atoms with van der Waals surface area (Å²) < 4.78 is 0. The van der Waals surface area contributed by atoms with Crippen molar-refractivity contribution in [1.82, 2.24) is 5.32 Å². The monoisotopic (exact) mass is 376 g/mol. The van der Waals surface area contributed by atoms with Crippen LogP contribution in [0, 0.1) is 6.92 Å². The minimum atomic E-state index is 0. The number of aliphatic imine (C=N–C) groups is 1. The lowest BCUT2D eigenvalue weighted by Crippen LogP contribution is -2.37. The predicted molar refractivity (Wildman–Crippen MR) is 94.5 cm³/mol. The summed E-state index contributed by atoms with van der Waals surface area (Å²) in [4.78, 5) is 4.27. The third kappa shape index (κ3) is 8.83. The van der Waals surface area contributed by atoms with Gasteiger partial charge in [-0.1, -0.05) is 12.1 Å². The first-order valence-electron chi connectivity index (χ1n) is 6.25.